The average molecular weight is 352 g/mol. The van der Waals surface area contributed by atoms with Gasteiger partial charge in [-0.25, -0.2) is 13.8 Å². The molecule has 0 atom stereocenters. The molecular formula is C21H20F2N3+. The van der Waals surface area contributed by atoms with Crippen molar-refractivity contribution in [2.45, 2.75) is 13.5 Å². The van der Waals surface area contributed by atoms with Crippen LogP contribution in [0.1, 0.15) is 16.7 Å². The summed E-state index contributed by atoms with van der Waals surface area (Å²) in [7, 11) is 0. The van der Waals surface area contributed by atoms with E-state index in [9.17, 15) is 8.78 Å². The predicted molar refractivity (Wildman–Crippen MR) is 98.9 cm³/mol. The molecular weight excluding hydrogens is 332 g/mol. The van der Waals surface area contributed by atoms with Crippen LogP contribution in [0.15, 0.2) is 54.9 Å². The Morgan fingerprint density at radius 1 is 1.08 bits per heavy atom. The van der Waals surface area contributed by atoms with Crippen molar-refractivity contribution < 1.29 is 13.3 Å². The summed E-state index contributed by atoms with van der Waals surface area (Å²) in [6.45, 7) is 3.18. The minimum absolute atomic E-state index is 0.207. The molecule has 0 spiro atoms. The summed E-state index contributed by atoms with van der Waals surface area (Å²) in [4.78, 5) is 4.44. The van der Waals surface area contributed by atoms with Gasteiger partial charge in [0.2, 0.25) is 5.69 Å². The second-order valence-electron chi connectivity index (χ2n) is 6.04. The molecule has 0 radical (unpaired) electrons. The normalized spacial score (nSPS) is 11.2. The van der Waals surface area contributed by atoms with E-state index in [0.29, 0.717) is 13.1 Å². The van der Waals surface area contributed by atoms with Gasteiger partial charge in [-0.2, -0.15) is 4.57 Å². The van der Waals surface area contributed by atoms with E-state index in [1.54, 1.807) is 18.3 Å². The van der Waals surface area contributed by atoms with E-state index in [1.165, 1.54) is 6.07 Å². The third-order valence-electron chi connectivity index (χ3n) is 4.02. The van der Waals surface area contributed by atoms with E-state index >= 15 is 0 Å². The number of hydrogen-bond acceptors (Lipinski definition) is 2. The predicted octanol–water partition coefficient (Wildman–Crippen LogP) is 3.75. The maximum absolute atomic E-state index is 13.8. The highest BCUT2D eigenvalue weighted by Crippen LogP contribution is 2.18. The minimum Gasteiger partial charge on any atom is -0.325 e. The fourth-order valence-corrected chi connectivity index (χ4v) is 2.71. The molecule has 0 fully saturated rings. The van der Waals surface area contributed by atoms with Gasteiger partial charge in [0.25, 0.3) is 0 Å². The van der Waals surface area contributed by atoms with E-state index < -0.39 is 11.6 Å². The number of rotatable bonds is 5. The molecule has 2 heterocycles. The smallest absolute Gasteiger partial charge is 0.231 e. The summed E-state index contributed by atoms with van der Waals surface area (Å²) < 4.78 is 29.1. The van der Waals surface area contributed by atoms with Crippen molar-refractivity contribution in [1.82, 2.24) is 4.98 Å². The summed E-state index contributed by atoms with van der Waals surface area (Å²) >= 11 is 0. The van der Waals surface area contributed by atoms with Crippen molar-refractivity contribution in [3.8, 4) is 11.4 Å². The van der Waals surface area contributed by atoms with Crippen LogP contribution < -0.4 is 10.3 Å². The lowest BCUT2D eigenvalue weighted by Crippen LogP contribution is -2.39. The first kappa shape index (κ1) is 17.9. The quantitative estimate of drug-likeness (QED) is 0.711. The first-order valence-corrected chi connectivity index (χ1v) is 8.36. The summed E-state index contributed by atoms with van der Waals surface area (Å²) in [6.07, 6.45) is 7.01. The highest BCUT2D eigenvalue weighted by molar-refractivity contribution is 5.71. The molecule has 2 aromatic heterocycles. The van der Waals surface area contributed by atoms with Crippen LogP contribution in [0, 0.1) is 18.6 Å². The van der Waals surface area contributed by atoms with Gasteiger partial charge >= 0.3 is 0 Å². The lowest BCUT2D eigenvalue weighted by atomic mass is 10.1. The Hall–Kier alpha value is -2.92. The highest BCUT2D eigenvalue weighted by Gasteiger charge is 2.14. The maximum atomic E-state index is 13.8. The van der Waals surface area contributed by atoms with Crippen LogP contribution in [0.5, 0.6) is 0 Å². The molecule has 3 nitrogen and oxygen atoms in total. The SMILES string of the molecule is Cc1ccnc(-c2cc(/C=C/c3cc(F)ccc3F)cc[n+]2CCN)c1. The molecule has 3 aromatic rings. The Bertz CT molecular complexity index is 952. The molecule has 0 unspecified atom stereocenters. The van der Waals surface area contributed by atoms with Crippen LogP contribution >= 0.6 is 0 Å². The van der Waals surface area contributed by atoms with Gasteiger partial charge in [0.05, 0.1) is 6.54 Å². The zero-order chi connectivity index (χ0) is 18.5. The van der Waals surface area contributed by atoms with E-state index in [4.69, 9.17) is 5.73 Å². The number of nitrogens with two attached hydrogens (primary N) is 1. The molecule has 132 valence electrons. The molecule has 26 heavy (non-hydrogen) atoms. The molecule has 0 saturated heterocycles. The summed E-state index contributed by atoms with van der Waals surface area (Å²) in [6, 6.07) is 11.2. The van der Waals surface area contributed by atoms with Crippen molar-refractivity contribution >= 4 is 12.2 Å². The Labute approximate surface area is 151 Å². The lowest BCUT2D eigenvalue weighted by Gasteiger charge is -2.05. The third kappa shape index (κ3) is 4.18. The Morgan fingerprint density at radius 2 is 1.92 bits per heavy atom. The molecule has 3 rings (SSSR count). The Morgan fingerprint density at radius 3 is 2.69 bits per heavy atom. The molecule has 0 aliphatic carbocycles. The number of aryl methyl sites for hydroxylation is 1. The van der Waals surface area contributed by atoms with Crippen LogP contribution in [0.2, 0.25) is 0 Å². The zero-order valence-electron chi connectivity index (χ0n) is 14.5. The van der Waals surface area contributed by atoms with Crippen LogP contribution in [0.4, 0.5) is 8.78 Å². The van der Waals surface area contributed by atoms with Crippen LogP contribution in [-0.2, 0) is 6.54 Å². The fourth-order valence-electron chi connectivity index (χ4n) is 2.71. The first-order valence-electron chi connectivity index (χ1n) is 8.36. The van der Waals surface area contributed by atoms with E-state index in [2.05, 4.69) is 4.98 Å². The number of aromatic nitrogens is 2. The summed E-state index contributed by atoms with van der Waals surface area (Å²) in [5.74, 6) is -0.929. The maximum Gasteiger partial charge on any atom is 0.231 e. The molecule has 0 aliphatic rings. The minimum atomic E-state index is -0.468. The van der Waals surface area contributed by atoms with Crippen LogP contribution in [0.3, 0.4) is 0 Å². The summed E-state index contributed by atoms with van der Waals surface area (Å²) in [5, 5.41) is 0. The van der Waals surface area contributed by atoms with Crippen LogP contribution in [-0.4, -0.2) is 11.5 Å². The van der Waals surface area contributed by atoms with Crippen molar-refractivity contribution in [1.29, 1.82) is 0 Å². The van der Waals surface area contributed by atoms with Gasteiger partial charge < -0.3 is 5.73 Å². The van der Waals surface area contributed by atoms with E-state index in [1.807, 2.05) is 42.0 Å². The topological polar surface area (TPSA) is 42.8 Å². The van der Waals surface area contributed by atoms with Crippen molar-refractivity contribution in [3.05, 3.63) is 83.2 Å². The van der Waals surface area contributed by atoms with Gasteiger partial charge in [0, 0.05) is 23.9 Å². The fraction of sp³-hybridized carbons (Fsp3) is 0.143. The van der Waals surface area contributed by atoms with Crippen LogP contribution in [0.25, 0.3) is 23.5 Å². The largest absolute Gasteiger partial charge is 0.325 e. The van der Waals surface area contributed by atoms with Gasteiger partial charge in [-0.3, -0.25) is 0 Å². The van der Waals surface area contributed by atoms with Gasteiger partial charge in [-0.05, 0) is 48.4 Å². The Balaban J connectivity index is 2.00. The highest BCUT2D eigenvalue weighted by atomic mass is 19.1. The molecule has 1 aromatic carbocycles. The van der Waals surface area contributed by atoms with Gasteiger partial charge in [-0.1, -0.05) is 12.2 Å². The number of halogens is 2. The van der Waals surface area contributed by atoms with Crippen molar-refractivity contribution in [3.63, 3.8) is 0 Å². The van der Waals surface area contributed by atoms with Crippen molar-refractivity contribution in [2.75, 3.05) is 6.54 Å². The van der Waals surface area contributed by atoms with Gasteiger partial charge in [-0.15, -0.1) is 0 Å². The molecule has 0 bridgehead atoms. The molecule has 0 aliphatic heterocycles. The Kier molecular flexibility index (Phi) is 5.49. The monoisotopic (exact) mass is 352 g/mol. The number of benzene rings is 1. The standard InChI is InChI=1S/C21H20F2N3/c1-15-6-9-25-20(12-15)21-13-16(7-10-26(21)11-8-24)2-3-17-14-18(22)4-5-19(17)23/h2-7,9-10,12-14H,8,11,24H2,1H3/q+1/b3-2+. The van der Waals surface area contributed by atoms with Gasteiger partial charge in [0.1, 0.15) is 17.3 Å². The number of hydrogen-bond donors (Lipinski definition) is 1. The molecule has 2 N–H and O–H groups in total. The van der Waals surface area contributed by atoms with Crippen molar-refractivity contribution in [2.24, 2.45) is 5.73 Å². The lowest BCUT2D eigenvalue weighted by molar-refractivity contribution is -0.683. The van der Waals surface area contributed by atoms with E-state index in [0.717, 1.165) is 34.6 Å². The zero-order valence-corrected chi connectivity index (χ0v) is 14.5. The second-order valence-corrected chi connectivity index (χ2v) is 6.04. The summed E-state index contributed by atoms with van der Waals surface area (Å²) in [5.41, 5.74) is 9.64. The number of nitrogens with zero attached hydrogens (tertiary/aromatic N) is 2. The average Bonchev–Trinajstić information content (AvgIpc) is 2.63. The third-order valence-corrected chi connectivity index (χ3v) is 4.02. The second kappa shape index (κ2) is 7.97. The molecule has 0 saturated carbocycles. The van der Waals surface area contributed by atoms with Gasteiger partial charge in [0.15, 0.2) is 12.7 Å². The molecule has 5 heteroatoms. The number of pyridine rings is 2. The molecule has 0 amide bonds. The van der Waals surface area contributed by atoms with E-state index in [-0.39, 0.29) is 5.56 Å². The first-order chi connectivity index (χ1) is 12.6.